The Bertz CT molecular complexity index is 270. The lowest BCUT2D eigenvalue weighted by atomic mass is 10.0. The molecule has 2 heterocycles. The Morgan fingerprint density at radius 2 is 2.12 bits per heavy atom. The number of hydrogen-bond donors (Lipinski definition) is 1. The number of aliphatic hydroxyl groups excluding tert-OH is 1. The highest BCUT2D eigenvalue weighted by molar-refractivity contribution is 5.78. The summed E-state index contributed by atoms with van der Waals surface area (Å²) in [7, 11) is 0. The van der Waals surface area contributed by atoms with Crippen LogP contribution in [0, 0.1) is 5.92 Å². The molecule has 1 N–H and O–H groups in total. The smallest absolute Gasteiger partial charge is 0.236 e. The molecule has 0 unspecified atom stereocenters. The van der Waals surface area contributed by atoms with Gasteiger partial charge in [-0.25, -0.2) is 0 Å². The first-order valence-electron chi connectivity index (χ1n) is 6.83. The number of amides is 1. The van der Waals surface area contributed by atoms with Crippen molar-refractivity contribution in [1.29, 1.82) is 0 Å². The molecule has 98 valence electrons. The maximum atomic E-state index is 12.2. The summed E-state index contributed by atoms with van der Waals surface area (Å²) >= 11 is 0. The fourth-order valence-electron chi connectivity index (χ4n) is 2.96. The summed E-state index contributed by atoms with van der Waals surface area (Å²) in [6.07, 6.45) is 4.57. The molecule has 0 spiro atoms. The van der Waals surface area contributed by atoms with Crippen LogP contribution in [0.4, 0.5) is 0 Å². The van der Waals surface area contributed by atoms with E-state index < -0.39 is 0 Å². The van der Waals surface area contributed by atoms with Crippen LogP contribution in [0.5, 0.6) is 0 Å². The molecule has 0 aromatic heterocycles. The molecule has 0 bridgehead atoms. The second-order valence-corrected chi connectivity index (χ2v) is 5.50. The molecule has 2 fully saturated rings. The Hall–Kier alpha value is -0.610. The van der Waals surface area contributed by atoms with Gasteiger partial charge in [-0.1, -0.05) is 0 Å². The summed E-state index contributed by atoms with van der Waals surface area (Å²) in [5.41, 5.74) is 0. The van der Waals surface area contributed by atoms with Crippen LogP contribution in [0.25, 0.3) is 0 Å². The second-order valence-electron chi connectivity index (χ2n) is 5.50. The topological polar surface area (TPSA) is 43.8 Å². The van der Waals surface area contributed by atoms with Crippen LogP contribution >= 0.6 is 0 Å². The van der Waals surface area contributed by atoms with Crippen LogP contribution in [0.1, 0.15) is 32.6 Å². The third-order valence-electron chi connectivity index (χ3n) is 4.11. The number of carbonyl (C=O) groups is 1. The van der Waals surface area contributed by atoms with Gasteiger partial charge in [0.25, 0.3) is 0 Å². The minimum Gasteiger partial charge on any atom is -0.396 e. The van der Waals surface area contributed by atoms with E-state index in [9.17, 15) is 4.79 Å². The van der Waals surface area contributed by atoms with Crippen molar-refractivity contribution in [2.24, 2.45) is 5.92 Å². The summed E-state index contributed by atoms with van der Waals surface area (Å²) in [5.74, 6) is 0.650. The van der Waals surface area contributed by atoms with E-state index in [-0.39, 0.29) is 12.5 Å². The first-order chi connectivity index (χ1) is 8.20. The lowest BCUT2D eigenvalue weighted by Crippen LogP contribution is -2.46. The third-order valence-corrected chi connectivity index (χ3v) is 4.11. The van der Waals surface area contributed by atoms with Crippen molar-refractivity contribution in [2.75, 3.05) is 32.8 Å². The molecule has 4 nitrogen and oxygen atoms in total. The second kappa shape index (κ2) is 5.83. The van der Waals surface area contributed by atoms with E-state index in [1.165, 1.54) is 6.42 Å². The number of rotatable bonds is 3. The number of likely N-dealkylation sites (tertiary alicyclic amines) is 2. The molecule has 2 aliphatic rings. The van der Waals surface area contributed by atoms with Crippen LogP contribution in [0.2, 0.25) is 0 Å². The van der Waals surface area contributed by atoms with Crippen molar-refractivity contribution in [3.63, 3.8) is 0 Å². The van der Waals surface area contributed by atoms with Gasteiger partial charge in [0.1, 0.15) is 0 Å². The van der Waals surface area contributed by atoms with Crippen molar-refractivity contribution < 1.29 is 9.90 Å². The van der Waals surface area contributed by atoms with E-state index in [4.69, 9.17) is 5.11 Å². The molecular formula is C13H24N2O2. The Morgan fingerprint density at radius 3 is 2.76 bits per heavy atom. The highest BCUT2D eigenvalue weighted by Crippen LogP contribution is 2.19. The average Bonchev–Trinajstić information content (AvgIpc) is 2.77. The number of hydrogen-bond acceptors (Lipinski definition) is 3. The molecular weight excluding hydrogens is 216 g/mol. The largest absolute Gasteiger partial charge is 0.396 e. The highest BCUT2D eigenvalue weighted by atomic mass is 16.3. The fraction of sp³-hybridized carbons (Fsp3) is 0.923. The van der Waals surface area contributed by atoms with Crippen molar-refractivity contribution in [3.8, 4) is 0 Å². The first kappa shape index (κ1) is 12.8. The van der Waals surface area contributed by atoms with Gasteiger partial charge in [0.2, 0.25) is 5.91 Å². The molecule has 2 atom stereocenters. The third kappa shape index (κ3) is 3.19. The number of nitrogens with zero attached hydrogens (tertiary/aromatic N) is 2. The van der Waals surface area contributed by atoms with Gasteiger partial charge in [0, 0.05) is 25.7 Å². The van der Waals surface area contributed by atoms with E-state index in [0.717, 1.165) is 38.9 Å². The lowest BCUT2D eigenvalue weighted by molar-refractivity contribution is -0.135. The quantitative estimate of drug-likeness (QED) is 0.790. The van der Waals surface area contributed by atoms with E-state index >= 15 is 0 Å². The standard InChI is InChI=1S/C13H24N2O2/c1-11-4-2-3-6-15(11)13(17)9-14-7-5-12(8-14)10-16/h11-12,16H,2-10H2,1H3/t11-,12+/m1/s1. The highest BCUT2D eigenvalue weighted by Gasteiger charge is 2.28. The van der Waals surface area contributed by atoms with Crippen LogP contribution < -0.4 is 0 Å². The van der Waals surface area contributed by atoms with Crippen molar-refractivity contribution in [2.45, 2.75) is 38.6 Å². The van der Waals surface area contributed by atoms with Crippen LogP contribution in [0.3, 0.4) is 0 Å². The number of piperidine rings is 1. The summed E-state index contributed by atoms with van der Waals surface area (Å²) in [6, 6.07) is 0.410. The summed E-state index contributed by atoms with van der Waals surface area (Å²) in [5, 5.41) is 9.09. The fourth-order valence-corrected chi connectivity index (χ4v) is 2.96. The van der Waals surface area contributed by atoms with Gasteiger partial charge in [0.05, 0.1) is 6.54 Å². The molecule has 0 aliphatic carbocycles. The SMILES string of the molecule is C[C@@H]1CCCCN1C(=O)CN1CC[C@H](CO)C1. The zero-order valence-corrected chi connectivity index (χ0v) is 10.8. The predicted molar refractivity (Wildman–Crippen MR) is 66.7 cm³/mol. The first-order valence-corrected chi connectivity index (χ1v) is 6.83. The minimum absolute atomic E-state index is 0.255. The summed E-state index contributed by atoms with van der Waals surface area (Å²) in [4.78, 5) is 16.4. The molecule has 0 saturated carbocycles. The molecule has 2 aliphatic heterocycles. The predicted octanol–water partition coefficient (Wildman–Crippen LogP) is 0.702. The van der Waals surface area contributed by atoms with Gasteiger partial charge in [0.15, 0.2) is 0 Å². The van der Waals surface area contributed by atoms with Crippen LogP contribution in [-0.2, 0) is 4.79 Å². The molecule has 0 aromatic carbocycles. The number of carbonyl (C=O) groups excluding carboxylic acids is 1. The molecule has 17 heavy (non-hydrogen) atoms. The maximum absolute atomic E-state index is 12.2. The van der Waals surface area contributed by atoms with Gasteiger partial charge in [-0.15, -0.1) is 0 Å². The Balaban J connectivity index is 1.80. The Labute approximate surface area is 104 Å². The molecule has 2 rings (SSSR count). The zero-order valence-electron chi connectivity index (χ0n) is 10.8. The summed E-state index contributed by atoms with van der Waals surface area (Å²) in [6.45, 7) is 5.71. The van der Waals surface area contributed by atoms with Gasteiger partial charge in [-0.3, -0.25) is 9.69 Å². The maximum Gasteiger partial charge on any atom is 0.236 e. The molecule has 0 radical (unpaired) electrons. The van der Waals surface area contributed by atoms with Crippen molar-refractivity contribution >= 4 is 5.91 Å². The van der Waals surface area contributed by atoms with Crippen molar-refractivity contribution in [3.05, 3.63) is 0 Å². The molecule has 0 aromatic rings. The molecule has 2 saturated heterocycles. The van der Waals surface area contributed by atoms with Gasteiger partial charge >= 0.3 is 0 Å². The zero-order chi connectivity index (χ0) is 12.3. The van der Waals surface area contributed by atoms with E-state index in [2.05, 4.69) is 11.8 Å². The molecule has 1 amide bonds. The van der Waals surface area contributed by atoms with Gasteiger partial charge in [-0.05, 0) is 45.1 Å². The normalized spacial score (nSPS) is 30.8. The van der Waals surface area contributed by atoms with Gasteiger partial charge in [-0.2, -0.15) is 0 Å². The van der Waals surface area contributed by atoms with E-state index in [1.807, 2.05) is 4.90 Å². The number of aliphatic hydroxyl groups is 1. The molecule has 4 heteroatoms. The Kier molecular flexibility index (Phi) is 4.40. The van der Waals surface area contributed by atoms with E-state index in [1.54, 1.807) is 0 Å². The monoisotopic (exact) mass is 240 g/mol. The van der Waals surface area contributed by atoms with E-state index in [0.29, 0.717) is 18.5 Å². The summed E-state index contributed by atoms with van der Waals surface area (Å²) < 4.78 is 0. The van der Waals surface area contributed by atoms with Gasteiger partial charge < -0.3 is 10.0 Å². The minimum atomic E-state index is 0.255. The van der Waals surface area contributed by atoms with Crippen LogP contribution in [0.15, 0.2) is 0 Å². The Morgan fingerprint density at radius 1 is 1.29 bits per heavy atom. The van der Waals surface area contributed by atoms with Crippen molar-refractivity contribution in [1.82, 2.24) is 9.80 Å². The van der Waals surface area contributed by atoms with Crippen LogP contribution in [-0.4, -0.2) is 59.6 Å². The average molecular weight is 240 g/mol. The lowest BCUT2D eigenvalue weighted by Gasteiger charge is -2.34.